The van der Waals surface area contributed by atoms with Crippen LogP contribution in [0.2, 0.25) is 0 Å². The third-order valence-electron chi connectivity index (χ3n) is 4.75. The third kappa shape index (κ3) is 6.75. The Labute approximate surface area is 173 Å². The van der Waals surface area contributed by atoms with Crippen LogP contribution in [0, 0.1) is 5.92 Å². The van der Waals surface area contributed by atoms with Gasteiger partial charge in [-0.25, -0.2) is 4.98 Å². The molecular weight excluding hydrogens is 366 g/mol. The summed E-state index contributed by atoms with van der Waals surface area (Å²) in [6, 6.07) is 11.6. The first-order chi connectivity index (χ1) is 14.1. The molecule has 0 aliphatic carbocycles. The van der Waals surface area contributed by atoms with Gasteiger partial charge in [0.15, 0.2) is 11.5 Å². The lowest BCUT2D eigenvalue weighted by Crippen LogP contribution is -2.38. The number of benzene rings is 1. The maximum absolute atomic E-state index is 12.4. The minimum atomic E-state index is 0.0584. The number of hydrogen-bond acceptors (Lipinski definition) is 5. The van der Waals surface area contributed by atoms with Gasteiger partial charge in [0.2, 0.25) is 11.8 Å². The highest BCUT2D eigenvalue weighted by Crippen LogP contribution is 2.32. The minimum absolute atomic E-state index is 0.0584. The molecule has 29 heavy (non-hydrogen) atoms. The second kappa shape index (κ2) is 10.8. The Morgan fingerprint density at radius 2 is 1.97 bits per heavy atom. The van der Waals surface area contributed by atoms with Gasteiger partial charge >= 0.3 is 0 Å². The first kappa shape index (κ1) is 21.1. The Morgan fingerprint density at radius 3 is 2.79 bits per heavy atom. The Balaban J connectivity index is 1.79. The number of ether oxygens (including phenoxy) is 2. The van der Waals surface area contributed by atoms with Crippen molar-refractivity contribution in [3.05, 3.63) is 48.2 Å². The number of pyridine rings is 1. The van der Waals surface area contributed by atoms with Gasteiger partial charge in [0, 0.05) is 24.8 Å². The summed E-state index contributed by atoms with van der Waals surface area (Å²) in [5, 5.41) is 3.02. The van der Waals surface area contributed by atoms with Crippen molar-refractivity contribution in [2.24, 2.45) is 5.92 Å². The van der Waals surface area contributed by atoms with Gasteiger partial charge < -0.3 is 14.8 Å². The van der Waals surface area contributed by atoms with Crippen LogP contribution >= 0.6 is 0 Å². The number of nitrogens with one attached hydrogen (secondary N) is 1. The molecule has 2 heterocycles. The van der Waals surface area contributed by atoms with Crippen molar-refractivity contribution >= 4 is 5.91 Å². The SMILES string of the molecule is CC(C)CNC(=O)CN1CCCCCOc2ccccc2Oc2ncccc2C1. The number of carbonyl (C=O) groups excluding carboxylic acids is 1. The highest BCUT2D eigenvalue weighted by molar-refractivity contribution is 5.78. The first-order valence-corrected chi connectivity index (χ1v) is 10.4. The van der Waals surface area contributed by atoms with Gasteiger partial charge in [0.25, 0.3) is 0 Å². The van der Waals surface area contributed by atoms with E-state index in [1.807, 2.05) is 36.4 Å². The molecule has 0 unspecified atom stereocenters. The maximum atomic E-state index is 12.4. The molecule has 0 saturated carbocycles. The fourth-order valence-corrected chi connectivity index (χ4v) is 3.22. The van der Waals surface area contributed by atoms with Gasteiger partial charge in [-0.3, -0.25) is 9.69 Å². The number of carbonyl (C=O) groups is 1. The second-order valence-corrected chi connectivity index (χ2v) is 7.83. The zero-order chi connectivity index (χ0) is 20.5. The summed E-state index contributed by atoms with van der Waals surface area (Å²) >= 11 is 0. The van der Waals surface area contributed by atoms with Crippen molar-refractivity contribution < 1.29 is 14.3 Å². The monoisotopic (exact) mass is 397 g/mol. The number of aromatic nitrogens is 1. The number of amides is 1. The van der Waals surface area contributed by atoms with Crippen molar-refractivity contribution in [2.75, 3.05) is 26.2 Å². The molecular formula is C23H31N3O3. The van der Waals surface area contributed by atoms with Crippen LogP contribution in [0.15, 0.2) is 42.6 Å². The molecule has 0 fully saturated rings. The fraction of sp³-hybridized carbons (Fsp3) is 0.478. The molecule has 1 aliphatic heterocycles. The van der Waals surface area contributed by atoms with Gasteiger partial charge in [0.1, 0.15) is 0 Å². The molecule has 1 aliphatic rings. The van der Waals surface area contributed by atoms with Gasteiger partial charge in [-0.05, 0) is 49.9 Å². The Kier molecular flexibility index (Phi) is 7.87. The lowest BCUT2D eigenvalue weighted by Gasteiger charge is -2.23. The van der Waals surface area contributed by atoms with Crippen LogP contribution in [-0.2, 0) is 11.3 Å². The molecule has 1 aromatic carbocycles. The van der Waals surface area contributed by atoms with E-state index in [1.54, 1.807) is 6.20 Å². The highest BCUT2D eigenvalue weighted by atomic mass is 16.5. The molecule has 156 valence electrons. The van der Waals surface area contributed by atoms with Crippen LogP contribution in [0.4, 0.5) is 0 Å². The summed E-state index contributed by atoms with van der Waals surface area (Å²) in [4.78, 5) is 19.0. The number of nitrogens with zero attached hydrogens (tertiary/aromatic N) is 2. The Morgan fingerprint density at radius 1 is 1.14 bits per heavy atom. The van der Waals surface area contributed by atoms with Crippen molar-refractivity contribution in [1.29, 1.82) is 0 Å². The molecule has 0 spiro atoms. The van der Waals surface area contributed by atoms with E-state index in [0.29, 0.717) is 43.8 Å². The number of fused-ring (bicyclic) bond motifs is 2. The summed E-state index contributed by atoms with van der Waals surface area (Å²) in [6.07, 6.45) is 4.75. The number of para-hydroxylation sites is 2. The van der Waals surface area contributed by atoms with E-state index in [2.05, 4.69) is 29.0 Å². The quantitative estimate of drug-likeness (QED) is 0.844. The van der Waals surface area contributed by atoms with E-state index in [0.717, 1.165) is 37.1 Å². The summed E-state index contributed by atoms with van der Waals surface area (Å²) in [5.74, 6) is 2.44. The average Bonchev–Trinajstić information content (AvgIpc) is 2.72. The predicted octanol–water partition coefficient (Wildman–Crippen LogP) is 4.01. The van der Waals surface area contributed by atoms with Gasteiger partial charge in [0.05, 0.1) is 13.2 Å². The minimum Gasteiger partial charge on any atom is -0.490 e. The summed E-state index contributed by atoms with van der Waals surface area (Å²) in [6.45, 7) is 7.36. The van der Waals surface area contributed by atoms with E-state index in [1.165, 1.54) is 0 Å². The van der Waals surface area contributed by atoms with Crippen LogP contribution in [0.25, 0.3) is 0 Å². The van der Waals surface area contributed by atoms with Crippen molar-refractivity contribution in [1.82, 2.24) is 15.2 Å². The topological polar surface area (TPSA) is 63.7 Å². The normalized spacial score (nSPS) is 15.6. The maximum Gasteiger partial charge on any atom is 0.234 e. The summed E-state index contributed by atoms with van der Waals surface area (Å²) in [5.41, 5.74) is 0.957. The van der Waals surface area contributed by atoms with Gasteiger partial charge in [-0.2, -0.15) is 0 Å². The van der Waals surface area contributed by atoms with Crippen LogP contribution < -0.4 is 14.8 Å². The molecule has 1 amide bonds. The Bertz CT molecular complexity index is 794. The molecule has 0 atom stereocenters. The van der Waals surface area contributed by atoms with Gasteiger partial charge in [-0.1, -0.05) is 32.0 Å². The van der Waals surface area contributed by atoms with Crippen LogP contribution in [0.3, 0.4) is 0 Å². The number of rotatable bonds is 4. The molecule has 2 aromatic rings. The molecule has 0 radical (unpaired) electrons. The highest BCUT2D eigenvalue weighted by Gasteiger charge is 2.17. The molecule has 3 rings (SSSR count). The van der Waals surface area contributed by atoms with Crippen molar-refractivity contribution in [3.63, 3.8) is 0 Å². The molecule has 6 heteroatoms. The lowest BCUT2D eigenvalue weighted by atomic mass is 10.2. The molecule has 1 N–H and O–H groups in total. The van der Waals surface area contributed by atoms with Crippen molar-refractivity contribution in [3.8, 4) is 17.4 Å². The zero-order valence-corrected chi connectivity index (χ0v) is 17.4. The van der Waals surface area contributed by atoms with Crippen LogP contribution in [0.1, 0.15) is 38.7 Å². The third-order valence-corrected chi connectivity index (χ3v) is 4.75. The van der Waals surface area contributed by atoms with Crippen molar-refractivity contribution in [2.45, 2.75) is 39.7 Å². The standard InChI is InChI=1S/C23H31N3O3/c1-18(2)15-25-22(27)17-26-13-6-3-7-14-28-20-10-4-5-11-21(20)29-23-19(16-26)9-8-12-24-23/h4-5,8-12,18H,3,6-7,13-17H2,1-2H3,(H,25,27). The van der Waals surface area contributed by atoms with Crippen LogP contribution in [-0.4, -0.2) is 42.0 Å². The number of hydrogen-bond donors (Lipinski definition) is 1. The first-order valence-electron chi connectivity index (χ1n) is 10.4. The van der Waals surface area contributed by atoms with E-state index in [9.17, 15) is 4.79 Å². The molecule has 0 bridgehead atoms. The lowest BCUT2D eigenvalue weighted by molar-refractivity contribution is -0.122. The fourth-order valence-electron chi connectivity index (χ4n) is 3.22. The molecule has 0 saturated heterocycles. The Hall–Kier alpha value is -2.60. The smallest absolute Gasteiger partial charge is 0.234 e. The average molecular weight is 398 g/mol. The zero-order valence-electron chi connectivity index (χ0n) is 17.4. The van der Waals surface area contributed by atoms with E-state index < -0.39 is 0 Å². The van der Waals surface area contributed by atoms with E-state index in [-0.39, 0.29) is 5.91 Å². The van der Waals surface area contributed by atoms with E-state index in [4.69, 9.17) is 9.47 Å². The second-order valence-electron chi connectivity index (χ2n) is 7.83. The van der Waals surface area contributed by atoms with Crippen LogP contribution in [0.5, 0.6) is 17.4 Å². The largest absolute Gasteiger partial charge is 0.490 e. The van der Waals surface area contributed by atoms with Gasteiger partial charge in [-0.15, -0.1) is 0 Å². The predicted molar refractivity (Wildman–Crippen MR) is 113 cm³/mol. The molecule has 6 nitrogen and oxygen atoms in total. The van der Waals surface area contributed by atoms with E-state index >= 15 is 0 Å². The summed E-state index contributed by atoms with van der Waals surface area (Å²) in [7, 11) is 0. The summed E-state index contributed by atoms with van der Waals surface area (Å²) < 4.78 is 12.1. The molecule has 1 aromatic heterocycles.